The van der Waals surface area contributed by atoms with Crippen LogP contribution in [0.15, 0.2) is 36.5 Å². The number of hydrogen-bond donors (Lipinski definition) is 1. The molecule has 2 nitrogen and oxygen atoms in total. The van der Waals surface area contributed by atoms with Gasteiger partial charge in [-0.15, -0.1) is 0 Å². The normalized spacial score (nSPS) is 12.4. The molecule has 0 aliphatic rings. The maximum absolute atomic E-state index is 13.3. The molecule has 4 heteroatoms. The molecule has 0 saturated heterocycles. The lowest BCUT2D eigenvalue weighted by atomic mass is 9.98. The molecule has 1 atom stereocenters. The van der Waals surface area contributed by atoms with E-state index in [0.29, 0.717) is 5.56 Å². The average molecular weight is 262 g/mol. The van der Waals surface area contributed by atoms with Gasteiger partial charge >= 0.3 is 0 Å². The van der Waals surface area contributed by atoms with Crippen LogP contribution in [0.1, 0.15) is 29.8 Å². The number of hydrogen-bond acceptors (Lipinski definition) is 2. The molecule has 2 aromatic rings. The van der Waals surface area contributed by atoms with E-state index in [-0.39, 0.29) is 6.04 Å². The smallest absolute Gasteiger partial charge is 0.126 e. The molecule has 100 valence electrons. The second kappa shape index (κ2) is 5.89. The van der Waals surface area contributed by atoms with E-state index >= 15 is 0 Å². The van der Waals surface area contributed by atoms with Crippen LogP contribution < -0.4 is 5.32 Å². The van der Waals surface area contributed by atoms with Crippen LogP contribution in [0.4, 0.5) is 8.78 Å². The number of aromatic nitrogens is 1. The minimum absolute atomic E-state index is 0.318. The van der Waals surface area contributed by atoms with Crippen LogP contribution in [0.2, 0.25) is 0 Å². The molecule has 0 bridgehead atoms. The van der Waals surface area contributed by atoms with Crippen LogP contribution in [-0.4, -0.2) is 12.0 Å². The monoisotopic (exact) mass is 262 g/mol. The average Bonchev–Trinajstić information content (AvgIpc) is 2.39. The van der Waals surface area contributed by atoms with Crippen molar-refractivity contribution in [3.63, 3.8) is 0 Å². The van der Waals surface area contributed by atoms with Gasteiger partial charge in [0.05, 0.1) is 11.7 Å². The largest absolute Gasteiger partial charge is 0.308 e. The molecule has 2 rings (SSSR count). The summed E-state index contributed by atoms with van der Waals surface area (Å²) in [6.45, 7) is 2.03. The fourth-order valence-electron chi connectivity index (χ4n) is 2.21. The molecule has 0 aliphatic heterocycles. The second-order valence-electron chi connectivity index (χ2n) is 4.33. The molecule has 19 heavy (non-hydrogen) atoms. The third-order valence-electron chi connectivity index (χ3n) is 3.09. The van der Waals surface area contributed by atoms with E-state index in [1.54, 1.807) is 13.2 Å². The minimum atomic E-state index is -0.579. The maximum Gasteiger partial charge on any atom is 0.126 e. The summed E-state index contributed by atoms with van der Waals surface area (Å²) in [6.07, 6.45) is 2.51. The van der Waals surface area contributed by atoms with Crippen molar-refractivity contribution in [2.24, 2.45) is 0 Å². The molecule has 1 aromatic heterocycles. The lowest BCUT2D eigenvalue weighted by Gasteiger charge is -2.19. The van der Waals surface area contributed by atoms with Gasteiger partial charge in [0.25, 0.3) is 0 Å². The molecule has 0 saturated carbocycles. The van der Waals surface area contributed by atoms with Crippen molar-refractivity contribution in [1.29, 1.82) is 0 Å². The van der Waals surface area contributed by atoms with Crippen molar-refractivity contribution in [3.8, 4) is 0 Å². The zero-order chi connectivity index (χ0) is 13.8. The van der Waals surface area contributed by atoms with Crippen molar-refractivity contribution < 1.29 is 8.78 Å². The summed E-state index contributed by atoms with van der Waals surface area (Å²) in [5, 5.41) is 3.07. The lowest BCUT2D eigenvalue weighted by Crippen LogP contribution is -2.20. The maximum atomic E-state index is 13.3. The van der Waals surface area contributed by atoms with Crippen molar-refractivity contribution in [3.05, 3.63) is 65.0 Å². The van der Waals surface area contributed by atoms with E-state index in [0.717, 1.165) is 23.7 Å². The molecule has 0 radical (unpaired) electrons. The molecule has 0 aliphatic carbocycles. The minimum Gasteiger partial charge on any atom is -0.308 e. The van der Waals surface area contributed by atoms with Gasteiger partial charge in [-0.05, 0) is 42.8 Å². The highest BCUT2D eigenvalue weighted by molar-refractivity contribution is 5.33. The van der Waals surface area contributed by atoms with Gasteiger partial charge in [-0.2, -0.15) is 0 Å². The first-order chi connectivity index (χ1) is 9.15. The molecule has 1 N–H and O–H groups in total. The number of rotatable bonds is 4. The van der Waals surface area contributed by atoms with E-state index in [4.69, 9.17) is 0 Å². The highest BCUT2D eigenvalue weighted by Gasteiger charge is 2.17. The summed E-state index contributed by atoms with van der Waals surface area (Å²) in [6, 6.07) is 7.05. The highest BCUT2D eigenvalue weighted by Crippen LogP contribution is 2.24. The first-order valence-electron chi connectivity index (χ1n) is 6.22. The van der Waals surface area contributed by atoms with Gasteiger partial charge in [0, 0.05) is 12.3 Å². The molecule has 1 aromatic carbocycles. The number of aryl methyl sites for hydroxylation is 1. The van der Waals surface area contributed by atoms with E-state index in [1.807, 2.05) is 19.1 Å². The second-order valence-corrected chi connectivity index (χ2v) is 4.33. The van der Waals surface area contributed by atoms with Crippen LogP contribution in [0, 0.1) is 11.6 Å². The van der Waals surface area contributed by atoms with Crippen molar-refractivity contribution in [2.75, 3.05) is 7.05 Å². The van der Waals surface area contributed by atoms with Gasteiger partial charge in [-0.3, -0.25) is 4.98 Å². The molecule has 0 amide bonds. The molecular formula is C15H16F2N2. The zero-order valence-electron chi connectivity index (χ0n) is 11.0. The molecule has 0 spiro atoms. The van der Waals surface area contributed by atoms with Gasteiger partial charge in [0.1, 0.15) is 11.6 Å². The Morgan fingerprint density at radius 1 is 1.21 bits per heavy atom. The van der Waals surface area contributed by atoms with E-state index in [9.17, 15) is 8.78 Å². The number of nitrogens with one attached hydrogen (secondary N) is 1. The van der Waals surface area contributed by atoms with E-state index in [2.05, 4.69) is 10.3 Å². The van der Waals surface area contributed by atoms with Gasteiger partial charge in [-0.1, -0.05) is 13.0 Å². The first kappa shape index (κ1) is 13.6. The molecule has 1 heterocycles. The molecule has 0 fully saturated rings. The van der Waals surface area contributed by atoms with Gasteiger partial charge < -0.3 is 5.32 Å². The van der Waals surface area contributed by atoms with Crippen LogP contribution in [0.5, 0.6) is 0 Å². The number of pyridine rings is 1. The molecule has 1 unspecified atom stereocenters. The van der Waals surface area contributed by atoms with Gasteiger partial charge in [-0.25, -0.2) is 8.78 Å². The quantitative estimate of drug-likeness (QED) is 0.915. The Hall–Kier alpha value is -1.81. The Balaban J connectivity index is 2.49. The van der Waals surface area contributed by atoms with Crippen LogP contribution >= 0.6 is 0 Å². The Labute approximate surface area is 111 Å². The summed E-state index contributed by atoms with van der Waals surface area (Å²) in [5.41, 5.74) is 2.40. The fraction of sp³-hybridized carbons (Fsp3) is 0.267. The number of benzene rings is 1. The standard InChI is InChI=1S/C15H16F2N2/c1-3-10-5-4-6-19-15(10)14(18-2)11-7-12(16)9-13(17)8-11/h4-9,14,18H,3H2,1-2H3. The predicted molar refractivity (Wildman–Crippen MR) is 70.9 cm³/mol. The van der Waals surface area contributed by atoms with E-state index < -0.39 is 11.6 Å². The third kappa shape index (κ3) is 2.96. The summed E-state index contributed by atoms with van der Waals surface area (Å²) >= 11 is 0. The lowest BCUT2D eigenvalue weighted by molar-refractivity contribution is 0.569. The Kier molecular flexibility index (Phi) is 4.22. The van der Waals surface area contributed by atoms with Gasteiger partial charge in [0.2, 0.25) is 0 Å². The first-order valence-corrected chi connectivity index (χ1v) is 6.22. The van der Waals surface area contributed by atoms with Crippen LogP contribution in [0.3, 0.4) is 0 Å². The Morgan fingerprint density at radius 2 is 1.89 bits per heavy atom. The van der Waals surface area contributed by atoms with Crippen molar-refractivity contribution in [1.82, 2.24) is 10.3 Å². The topological polar surface area (TPSA) is 24.9 Å². The summed E-state index contributed by atoms with van der Waals surface area (Å²) in [4.78, 5) is 4.35. The highest BCUT2D eigenvalue weighted by atomic mass is 19.1. The summed E-state index contributed by atoms with van der Waals surface area (Å²) in [7, 11) is 1.75. The number of nitrogens with zero attached hydrogens (tertiary/aromatic N) is 1. The summed E-state index contributed by atoms with van der Waals surface area (Å²) < 4.78 is 26.7. The number of halogens is 2. The van der Waals surface area contributed by atoms with Crippen molar-refractivity contribution in [2.45, 2.75) is 19.4 Å². The SMILES string of the molecule is CCc1cccnc1C(NC)c1cc(F)cc(F)c1. The third-order valence-corrected chi connectivity index (χ3v) is 3.09. The predicted octanol–water partition coefficient (Wildman–Crippen LogP) is 3.23. The summed E-state index contributed by atoms with van der Waals surface area (Å²) in [5.74, 6) is -1.16. The fourth-order valence-corrected chi connectivity index (χ4v) is 2.21. The zero-order valence-corrected chi connectivity index (χ0v) is 11.0. The van der Waals surface area contributed by atoms with Crippen LogP contribution in [-0.2, 0) is 6.42 Å². The van der Waals surface area contributed by atoms with Crippen LogP contribution in [0.25, 0.3) is 0 Å². The Morgan fingerprint density at radius 3 is 2.47 bits per heavy atom. The molecular weight excluding hydrogens is 246 g/mol. The van der Waals surface area contributed by atoms with E-state index in [1.165, 1.54) is 12.1 Å². The Bertz CT molecular complexity index is 550. The van der Waals surface area contributed by atoms with Crippen molar-refractivity contribution >= 4 is 0 Å². The van der Waals surface area contributed by atoms with Gasteiger partial charge in [0.15, 0.2) is 0 Å².